The second kappa shape index (κ2) is 16.5. The average molecular weight is 891 g/mol. The van der Waals surface area contributed by atoms with Crippen molar-refractivity contribution in [2.75, 3.05) is 9.80 Å². The fourth-order valence-corrected chi connectivity index (χ4v) is 9.70. The molecular weight excluding hydrogens is 853 g/mol. The van der Waals surface area contributed by atoms with E-state index in [-0.39, 0.29) is 11.4 Å². The van der Waals surface area contributed by atoms with Crippen LogP contribution in [0.2, 0.25) is 0 Å². The monoisotopic (exact) mass is 890 g/mol. The number of aromatic nitrogens is 2. The van der Waals surface area contributed by atoms with Crippen molar-refractivity contribution in [3.05, 3.63) is 254 Å². The molecule has 0 saturated heterocycles. The Bertz CT molecular complexity index is 3590. The molecule has 326 valence electrons. The Balaban J connectivity index is 0.927. The summed E-state index contributed by atoms with van der Waals surface area (Å²) >= 11 is 0. The van der Waals surface area contributed by atoms with Gasteiger partial charge in [0.25, 0.3) is 0 Å². The standard InChI is InChI=1S/C60H38F4N4/c61-41-23-31-59(53(63)35-41)65(47-29-33-57-51(37-47)49-15-7-9-17-55(49)67(57)43-11-3-1-4-12-43)45-25-19-39(20-26-45)40-21-27-46(28-22-40)66(60-32-24-42(62)36-54(60)64)48-30-34-58-52(38-48)50-16-8-10-18-56(50)68(58)44-13-5-2-6-14-44/h1-38H. The lowest BCUT2D eigenvalue weighted by atomic mass is 10.0. The first kappa shape index (κ1) is 40.6. The molecule has 0 amide bonds. The van der Waals surface area contributed by atoms with E-state index in [1.807, 2.05) is 133 Å². The van der Waals surface area contributed by atoms with Gasteiger partial charge < -0.3 is 18.9 Å². The van der Waals surface area contributed by atoms with Gasteiger partial charge >= 0.3 is 0 Å². The Kier molecular flexibility index (Phi) is 9.87. The third-order valence-corrected chi connectivity index (χ3v) is 12.7. The molecule has 0 fully saturated rings. The van der Waals surface area contributed by atoms with Crippen LogP contribution in [0.3, 0.4) is 0 Å². The Morgan fingerprint density at radius 1 is 0.279 bits per heavy atom. The van der Waals surface area contributed by atoms with E-state index < -0.39 is 23.3 Å². The molecule has 0 aliphatic heterocycles. The molecule has 12 aromatic rings. The zero-order valence-electron chi connectivity index (χ0n) is 36.2. The molecule has 0 aliphatic rings. The van der Waals surface area contributed by atoms with Crippen LogP contribution in [-0.2, 0) is 0 Å². The molecule has 2 heterocycles. The van der Waals surface area contributed by atoms with Crippen LogP contribution in [-0.4, -0.2) is 9.13 Å². The average Bonchev–Trinajstić information content (AvgIpc) is 3.89. The van der Waals surface area contributed by atoms with E-state index >= 15 is 8.78 Å². The highest BCUT2D eigenvalue weighted by atomic mass is 19.1. The number of hydrogen-bond donors (Lipinski definition) is 0. The van der Waals surface area contributed by atoms with Crippen LogP contribution in [0.25, 0.3) is 66.1 Å². The van der Waals surface area contributed by atoms with Gasteiger partial charge in [-0.1, -0.05) is 97.1 Å². The van der Waals surface area contributed by atoms with Crippen LogP contribution >= 0.6 is 0 Å². The smallest absolute Gasteiger partial charge is 0.150 e. The first-order chi connectivity index (χ1) is 33.4. The lowest BCUT2D eigenvalue weighted by Gasteiger charge is -2.27. The molecule has 12 rings (SSSR count). The van der Waals surface area contributed by atoms with E-state index in [0.29, 0.717) is 22.7 Å². The molecule has 4 nitrogen and oxygen atoms in total. The molecule has 8 heteroatoms. The molecule has 0 unspecified atom stereocenters. The number of para-hydroxylation sites is 4. The summed E-state index contributed by atoms with van der Waals surface area (Å²) in [6, 6.07) is 71.7. The van der Waals surface area contributed by atoms with Crippen molar-refractivity contribution in [2.45, 2.75) is 0 Å². The number of fused-ring (bicyclic) bond motifs is 6. The number of rotatable bonds is 9. The largest absolute Gasteiger partial charge is 0.309 e. The summed E-state index contributed by atoms with van der Waals surface area (Å²) in [6.45, 7) is 0. The molecular formula is C60H38F4N4. The maximum absolute atomic E-state index is 15.9. The molecule has 0 spiro atoms. The van der Waals surface area contributed by atoms with E-state index in [0.717, 1.165) is 78.2 Å². The normalized spacial score (nSPS) is 11.5. The van der Waals surface area contributed by atoms with E-state index in [4.69, 9.17) is 0 Å². The predicted molar refractivity (Wildman–Crippen MR) is 270 cm³/mol. The van der Waals surface area contributed by atoms with Gasteiger partial charge in [0.1, 0.15) is 23.3 Å². The molecule has 10 aromatic carbocycles. The molecule has 0 atom stereocenters. The summed E-state index contributed by atoms with van der Waals surface area (Å²) in [5.41, 5.74) is 11.0. The molecule has 0 radical (unpaired) electrons. The summed E-state index contributed by atoms with van der Waals surface area (Å²) in [6.07, 6.45) is 0. The molecule has 2 aromatic heterocycles. The SMILES string of the molecule is Fc1ccc(N(c2ccc(-c3ccc(N(c4ccc5c(c4)c4ccccc4n5-c4ccccc4)c4ccc(F)cc4F)cc3)cc2)c2ccc3c(c2)c2ccccc2n3-c2ccccc2)c(F)c1. The third kappa shape index (κ3) is 6.93. The minimum Gasteiger partial charge on any atom is -0.309 e. The van der Waals surface area contributed by atoms with Crippen molar-refractivity contribution in [1.82, 2.24) is 9.13 Å². The van der Waals surface area contributed by atoms with E-state index in [9.17, 15) is 8.78 Å². The predicted octanol–water partition coefficient (Wildman–Crippen LogP) is 17.0. The number of anilines is 6. The Labute approximate surface area is 389 Å². The maximum atomic E-state index is 15.9. The first-order valence-corrected chi connectivity index (χ1v) is 22.3. The highest BCUT2D eigenvalue weighted by Crippen LogP contribution is 2.44. The van der Waals surface area contributed by atoms with Crippen molar-refractivity contribution < 1.29 is 17.6 Å². The van der Waals surface area contributed by atoms with Crippen LogP contribution in [0, 0.1) is 23.3 Å². The first-order valence-electron chi connectivity index (χ1n) is 22.3. The van der Waals surface area contributed by atoms with E-state index in [2.05, 4.69) is 69.8 Å². The van der Waals surface area contributed by atoms with Gasteiger partial charge in [-0.15, -0.1) is 0 Å². The number of nitrogens with zero attached hydrogens (tertiary/aromatic N) is 4. The quantitative estimate of drug-likeness (QED) is 0.134. The minimum absolute atomic E-state index is 0.200. The van der Waals surface area contributed by atoms with Gasteiger partial charge in [0.05, 0.1) is 33.4 Å². The van der Waals surface area contributed by atoms with E-state index in [1.54, 1.807) is 9.80 Å². The van der Waals surface area contributed by atoms with Crippen LogP contribution in [0.15, 0.2) is 231 Å². The van der Waals surface area contributed by atoms with Crippen molar-refractivity contribution in [2.24, 2.45) is 0 Å². The molecule has 0 N–H and O–H groups in total. The van der Waals surface area contributed by atoms with Gasteiger partial charge in [-0.05, 0) is 132 Å². The fraction of sp³-hybridized carbons (Fsp3) is 0. The van der Waals surface area contributed by atoms with E-state index in [1.165, 1.54) is 24.3 Å². The lowest BCUT2D eigenvalue weighted by Crippen LogP contribution is -2.12. The summed E-state index contributed by atoms with van der Waals surface area (Å²) in [5.74, 6) is -2.72. The number of halogens is 4. The van der Waals surface area contributed by atoms with Gasteiger partial charge in [0, 0.05) is 67.8 Å². The Morgan fingerprint density at radius 2 is 0.632 bits per heavy atom. The van der Waals surface area contributed by atoms with Gasteiger partial charge in [-0.25, -0.2) is 17.6 Å². The van der Waals surface area contributed by atoms with Gasteiger partial charge in [-0.3, -0.25) is 0 Å². The summed E-state index contributed by atoms with van der Waals surface area (Å²) in [4.78, 5) is 3.61. The van der Waals surface area contributed by atoms with Crippen LogP contribution in [0.1, 0.15) is 0 Å². The molecule has 68 heavy (non-hydrogen) atoms. The Morgan fingerprint density at radius 3 is 1.03 bits per heavy atom. The highest BCUT2D eigenvalue weighted by molar-refractivity contribution is 6.12. The van der Waals surface area contributed by atoms with Crippen molar-refractivity contribution in [3.8, 4) is 22.5 Å². The second-order valence-electron chi connectivity index (χ2n) is 16.7. The van der Waals surface area contributed by atoms with Crippen molar-refractivity contribution in [1.29, 1.82) is 0 Å². The summed E-state index contributed by atoms with van der Waals surface area (Å²) < 4.78 is 65.0. The third-order valence-electron chi connectivity index (χ3n) is 12.7. The van der Waals surface area contributed by atoms with Crippen LogP contribution in [0.4, 0.5) is 51.7 Å². The highest BCUT2D eigenvalue weighted by Gasteiger charge is 2.22. The van der Waals surface area contributed by atoms with Crippen molar-refractivity contribution >= 4 is 77.7 Å². The fourth-order valence-electron chi connectivity index (χ4n) is 9.70. The number of hydrogen-bond acceptors (Lipinski definition) is 2. The van der Waals surface area contributed by atoms with Crippen molar-refractivity contribution in [3.63, 3.8) is 0 Å². The minimum atomic E-state index is -0.695. The lowest BCUT2D eigenvalue weighted by molar-refractivity contribution is 0.583. The van der Waals surface area contributed by atoms with Gasteiger partial charge in [0.2, 0.25) is 0 Å². The zero-order valence-corrected chi connectivity index (χ0v) is 36.2. The summed E-state index contributed by atoms with van der Waals surface area (Å²) in [5, 5.41) is 4.06. The zero-order chi connectivity index (χ0) is 45.9. The Hall–Kier alpha value is -8.88. The van der Waals surface area contributed by atoms with Crippen LogP contribution < -0.4 is 9.80 Å². The van der Waals surface area contributed by atoms with Gasteiger partial charge in [-0.2, -0.15) is 0 Å². The molecule has 0 saturated carbocycles. The molecule has 0 bridgehead atoms. The molecule has 0 aliphatic carbocycles. The summed E-state index contributed by atoms with van der Waals surface area (Å²) in [7, 11) is 0. The second-order valence-corrected chi connectivity index (χ2v) is 16.7. The van der Waals surface area contributed by atoms with Crippen LogP contribution in [0.5, 0.6) is 0 Å². The number of benzene rings is 10. The maximum Gasteiger partial charge on any atom is 0.150 e. The van der Waals surface area contributed by atoms with Gasteiger partial charge in [0.15, 0.2) is 0 Å². The topological polar surface area (TPSA) is 16.3 Å².